The fourth-order valence-corrected chi connectivity index (χ4v) is 4.48. The maximum absolute atomic E-state index is 12.6. The summed E-state index contributed by atoms with van der Waals surface area (Å²) in [6, 6.07) is 7.16. The van der Waals surface area contributed by atoms with Crippen molar-refractivity contribution in [1.82, 2.24) is 10.3 Å². The molecule has 1 aromatic carbocycles. The first-order chi connectivity index (χ1) is 15.8. The zero-order valence-corrected chi connectivity index (χ0v) is 20.1. The maximum atomic E-state index is 12.6. The number of nitrogens with zero attached hydrogens (tertiary/aromatic N) is 1. The molecule has 3 rings (SSSR count). The van der Waals surface area contributed by atoms with Crippen LogP contribution < -0.4 is 15.4 Å². The van der Waals surface area contributed by atoms with Gasteiger partial charge in [0.25, 0.3) is 5.91 Å². The van der Waals surface area contributed by atoms with Gasteiger partial charge >= 0.3 is 5.97 Å². The monoisotopic (exact) mass is 473 g/mol. The molecule has 0 aliphatic heterocycles. The Morgan fingerprint density at radius 1 is 1.24 bits per heavy atom. The van der Waals surface area contributed by atoms with Gasteiger partial charge in [-0.3, -0.25) is 14.6 Å². The van der Waals surface area contributed by atoms with E-state index in [0.29, 0.717) is 41.6 Å². The predicted octanol–water partition coefficient (Wildman–Crippen LogP) is 5.10. The standard InChI is InChI=1S/C25H32ClN3O4/c1-4-19-12-20(23(33-3)14-27-19)15(2)29-22-10-9-18(11-21(22)26)24(30)28-13-16-5-7-17(8-6-16)25(31)32/h9-12,14-17,29H,4-8,13H2,1-3H3,(H,28,30)(H,31,32)/t15-,16?,17?/m0/s1. The number of methoxy groups -OCH3 is 1. The number of aliphatic carboxylic acids is 1. The molecule has 7 nitrogen and oxygen atoms in total. The van der Waals surface area contributed by atoms with E-state index in [-0.39, 0.29) is 17.9 Å². The van der Waals surface area contributed by atoms with Crippen LogP contribution in [0.3, 0.4) is 0 Å². The lowest BCUT2D eigenvalue weighted by molar-refractivity contribution is -0.143. The van der Waals surface area contributed by atoms with E-state index in [0.717, 1.165) is 36.2 Å². The van der Waals surface area contributed by atoms with E-state index in [1.807, 2.05) is 13.0 Å². The summed E-state index contributed by atoms with van der Waals surface area (Å²) in [5.74, 6) is -0.135. The predicted molar refractivity (Wildman–Crippen MR) is 129 cm³/mol. The number of hydrogen-bond acceptors (Lipinski definition) is 5. The molecule has 1 aliphatic carbocycles. The van der Waals surface area contributed by atoms with Gasteiger partial charge < -0.3 is 20.5 Å². The summed E-state index contributed by atoms with van der Waals surface area (Å²) in [5, 5.41) is 15.9. The first-order valence-corrected chi connectivity index (χ1v) is 11.8. The minimum atomic E-state index is -0.719. The third-order valence-electron chi connectivity index (χ3n) is 6.35. The van der Waals surface area contributed by atoms with Crippen molar-refractivity contribution in [2.24, 2.45) is 11.8 Å². The van der Waals surface area contributed by atoms with Crippen LogP contribution in [0.4, 0.5) is 5.69 Å². The molecule has 1 aliphatic rings. The molecule has 1 amide bonds. The van der Waals surface area contributed by atoms with E-state index in [9.17, 15) is 9.59 Å². The molecule has 33 heavy (non-hydrogen) atoms. The van der Waals surface area contributed by atoms with Crippen molar-refractivity contribution < 1.29 is 19.4 Å². The zero-order chi connectivity index (χ0) is 24.0. The Labute approximate surface area is 199 Å². The highest BCUT2D eigenvalue weighted by atomic mass is 35.5. The van der Waals surface area contributed by atoms with Crippen molar-refractivity contribution in [1.29, 1.82) is 0 Å². The second-order valence-electron chi connectivity index (χ2n) is 8.60. The summed E-state index contributed by atoms with van der Waals surface area (Å²) in [6.07, 6.45) is 5.53. The number of carbonyl (C=O) groups excluding carboxylic acids is 1. The van der Waals surface area contributed by atoms with Crippen LogP contribution in [0.1, 0.15) is 67.2 Å². The van der Waals surface area contributed by atoms with E-state index in [1.54, 1.807) is 31.5 Å². The van der Waals surface area contributed by atoms with Gasteiger partial charge in [0.15, 0.2) is 0 Å². The number of nitrogens with one attached hydrogen (secondary N) is 2. The Bertz CT molecular complexity index is 990. The topological polar surface area (TPSA) is 101 Å². The number of halogens is 1. The summed E-state index contributed by atoms with van der Waals surface area (Å²) in [7, 11) is 1.62. The van der Waals surface area contributed by atoms with Gasteiger partial charge in [0, 0.05) is 23.4 Å². The Kier molecular flexibility index (Phi) is 8.55. The smallest absolute Gasteiger partial charge is 0.306 e. The molecule has 178 valence electrons. The first kappa shape index (κ1) is 24.8. The fraction of sp³-hybridized carbons (Fsp3) is 0.480. The van der Waals surface area contributed by atoms with E-state index in [1.165, 1.54) is 0 Å². The summed E-state index contributed by atoms with van der Waals surface area (Å²) < 4.78 is 5.46. The SMILES string of the molecule is CCc1cc([C@H](C)Nc2ccc(C(=O)NCC3CCC(C(=O)O)CC3)cc2Cl)c(OC)cn1. The minimum absolute atomic E-state index is 0.0774. The zero-order valence-electron chi connectivity index (χ0n) is 19.4. The van der Waals surface area contributed by atoms with Crippen molar-refractivity contribution in [3.63, 3.8) is 0 Å². The number of carboxylic acids is 1. The molecule has 0 unspecified atom stereocenters. The Morgan fingerprint density at radius 2 is 1.97 bits per heavy atom. The van der Waals surface area contributed by atoms with Crippen molar-refractivity contribution in [2.45, 2.75) is 52.0 Å². The normalized spacial score (nSPS) is 18.9. The molecule has 1 aromatic heterocycles. The van der Waals surface area contributed by atoms with Gasteiger partial charge in [0.05, 0.1) is 36.0 Å². The first-order valence-electron chi connectivity index (χ1n) is 11.4. The van der Waals surface area contributed by atoms with Crippen LogP contribution in [0.15, 0.2) is 30.5 Å². The molecule has 0 radical (unpaired) electrons. The van der Waals surface area contributed by atoms with Crippen LogP contribution in [0.5, 0.6) is 5.75 Å². The maximum Gasteiger partial charge on any atom is 0.306 e. The third kappa shape index (κ3) is 6.38. The lowest BCUT2D eigenvalue weighted by atomic mass is 9.82. The highest BCUT2D eigenvalue weighted by Crippen LogP contribution is 2.32. The van der Waals surface area contributed by atoms with Gasteiger partial charge in [-0.25, -0.2) is 0 Å². The number of carboxylic acid groups (broad SMARTS) is 1. The number of amides is 1. The van der Waals surface area contributed by atoms with Crippen molar-refractivity contribution >= 4 is 29.2 Å². The highest BCUT2D eigenvalue weighted by Gasteiger charge is 2.26. The third-order valence-corrected chi connectivity index (χ3v) is 6.67. The van der Waals surface area contributed by atoms with Gasteiger partial charge in [0.1, 0.15) is 5.75 Å². The number of aryl methyl sites for hydroxylation is 1. The van der Waals surface area contributed by atoms with Crippen LogP contribution in [0.25, 0.3) is 0 Å². The van der Waals surface area contributed by atoms with Crippen molar-refractivity contribution in [3.05, 3.63) is 52.3 Å². The van der Waals surface area contributed by atoms with Crippen LogP contribution in [0, 0.1) is 11.8 Å². The lowest BCUT2D eigenvalue weighted by Gasteiger charge is -2.26. The molecule has 8 heteroatoms. The quantitative estimate of drug-likeness (QED) is 0.468. The molecule has 1 heterocycles. The van der Waals surface area contributed by atoms with Gasteiger partial charge in [-0.2, -0.15) is 0 Å². The van der Waals surface area contributed by atoms with Gasteiger partial charge in [-0.15, -0.1) is 0 Å². The number of anilines is 1. The number of carbonyl (C=O) groups is 2. The van der Waals surface area contributed by atoms with E-state index < -0.39 is 5.97 Å². The van der Waals surface area contributed by atoms with Gasteiger partial charge in [-0.05, 0) is 69.2 Å². The van der Waals surface area contributed by atoms with Crippen LogP contribution in [-0.2, 0) is 11.2 Å². The Balaban J connectivity index is 1.59. The van der Waals surface area contributed by atoms with Gasteiger partial charge in [-0.1, -0.05) is 18.5 Å². The number of rotatable bonds is 9. The number of aromatic nitrogens is 1. The second kappa shape index (κ2) is 11.4. The van der Waals surface area contributed by atoms with Crippen LogP contribution in [0.2, 0.25) is 5.02 Å². The molecular weight excluding hydrogens is 442 g/mol. The van der Waals surface area contributed by atoms with Crippen molar-refractivity contribution in [2.75, 3.05) is 19.0 Å². The fourth-order valence-electron chi connectivity index (χ4n) is 4.24. The molecule has 1 saturated carbocycles. The number of benzene rings is 1. The number of ether oxygens (including phenoxy) is 1. The van der Waals surface area contributed by atoms with Crippen LogP contribution in [-0.4, -0.2) is 35.6 Å². The molecular formula is C25H32ClN3O4. The summed E-state index contributed by atoms with van der Waals surface area (Å²) in [6.45, 7) is 4.62. The average Bonchev–Trinajstić information content (AvgIpc) is 2.83. The minimum Gasteiger partial charge on any atom is -0.495 e. The van der Waals surface area contributed by atoms with E-state index in [2.05, 4.69) is 22.5 Å². The summed E-state index contributed by atoms with van der Waals surface area (Å²) in [5.41, 5.74) is 3.19. The van der Waals surface area contributed by atoms with Gasteiger partial charge in [0.2, 0.25) is 0 Å². The molecule has 0 bridgehead atoms. The average molecular weight is 474 g/mol. The largest absolute Gasteiger partial charge is 0.495 e. The number of pyridine rings is 1. The molecule has 3 N–H and O–H groups in total. The van der Waals surface area contributed by atoms with E-state index >= 15 is 0 Å². The van der Waals surface area contributed by atoms with E-state index in [4.69, 9.17) is 21.4 Å². The van der Waals surface area contributed by atoms with Crippen LogP contribution >= 0.6 is 11.6 Å². The molecule has 2 aromatic rings. The lowest BCUT2D eigenvalue weighted by Crippen LogP contribution is -2.32. The second-order valence-corrected chi connectivity index (χ2v) is 9.00. The highest BCUT2D eigenvalue weighted by molar-refractivity contribution is 6.33. The summed E-state index contributed by atoms with van der Waals surface area (Å²) >= 11 is 6.49. The number of hydrogen-bond donors (Lipinski definition) is 3. The Hall–Kier alpha value is -2.80. The summed E-state index contributed by atoms with van der Waals surface area (Å²) in [4.78, 5) is 28.1. The molecule has 1 fully saturated rings. The molecule has 1 atom stereocenters. The Morgan fingerprint density at radius 3 is 2.58 bits per heavy atom. The van der Waals surface area contributed by atoms with Crippen molar-refractivity contribution in [3.8, 4) is 5.75 Å². The molecule has 0 spiro atoms. The molecule has 0 saturated heterocycles.